The van der Waals surface area contributed by atoms with E-state index in [9.17, 15) is 13.2 Å². The third-order valence-electron chi connectivity index (χ3n) is 6.85. The lowest BCUT2D eigenvalue weighted by Crippen LogP contribution is -2.41. The third kappa shape index (κ3) is 9.71. The number of hydrogen-bond acceptors (Lipinski definition) is 5. The highest BCUT2D eigenvalue weighted by atomic mass is 35.5. The van der Waals surface area contributed by atoms with Gasteiger partial charge in [0.2, 0.25) is 10.0 Å². The van der Waals surface area contributed by atoms with Crippen LogP contribution in [0.2, 0.25) is 5.02 Å². The van der Waals surface area contributed by atoms with E-state index in [4.69, 9.17) is 16.3 Å². The van der Waals surface area contributed by atoms with Crippen molar-refractivity contribution in [3.05, 3.63) is 65.7 Å². The highest BCUT2D eigenvalue weighted by Crippen LogP contribution is 2.32. The van der Waals surface area contributed by atoms with Gasteiger partial charge < -0.3 is 9.64 Å². The summed E-state index contributed by atoms with van der Waals surface area (Å²) in [5, 5.41) is 0.379. The van der Waals surface area contributed by atoms with Crippen LogP contribution in [0.1, 0.15) is 55.8 Å². The van der Waals surface area contributed by atoms with Gasteiger partial charge in [0.25, 0.3) is 5.91 Å². The second kappa shape index (κ2) is 16.1. The zero-order chi connectivity index (χ0) is 27.5. The number of amides is 1. The average molecular weight is 599 g/mol. The largest absolute Gasteiger partial charge is 0.497 e. The van der Waals surface area contributed by atoms with Gasteiger partial charge in [-0.1, -0.05) is 56.0 Å². The van der Waals surface area contributed by atoms with Crippen LogP contribution in [0.25, 0.3) is 0 Å². The number of methoxy groups -OCH3 is 1. The molecule has 10 heteroatoms. The van der Waals surface area contributed by atoms with Crippen molar-refractivity contribution < 1.29 is 17.9 Å². The molecular formula is C29H41Cl2N3O4S. The Morgan fingerprint density at radius 2 is 1.87 bits per heavy atom. The Balaban J connectivity index is 0.00000533. The summed E-state index contributed by atoms with van der Waals surface area (Å²) >= 11 is 6.64. The number of carbonyl (C=O) groups is 1. The SMILES string of the molecule is C=CCN(CCN(C(=O)c1ccccc1NS(=O)(=O)CCC)c1ccc(OC)cc1Cl)CC1CCCCC1.Cl. The molecule has 1 amide bonds. The minimum Gasteiger partial charge on any atom is -0.497 e. The van der Waals surface area contributed by atoms with Crippen LogP contribution in [0.3, 0.4) is 0 Å². The van der Waals surface area contributed by atoms with Crippen molar-refractivity contribution in [2.24, 2.45) is 5.92 Å². The maximum atomic E-state index is 14.0. The van der Waals surface area contributed by atoms with Crippen molar-refractivity contribution in [2.75, 3.05) is 48.7 Å². The van der Waals surface area contributed by atoms with Crippen molar-refractivity contribution in [1.29, 1.82) is 0 Å². The smallest absolute Gasteiger partial charge is 0.260 e. The van der Waals surface area contributed by atoms with Crippen LogP contribution in [0.5, 0.6) is 5.75 Å². The molecule has 1 aliphatic rings. The monoisotopic (exact) mass is 597 g/mol. The maximum Gasteiger partial charge on any atom is 0.260 e. The molecule has 1 fully saturated rings. The van der Waals surface area contributed by atoms with Gasteiger partial charge in [0.1, 0.15) is 5.75 Å². The van der Waals surface area contributed by atoms with Gasteiger partial charge in [-0.05, 0) is 49.4 Å². The number of nitrogens with one attached hydrogen (secondary N) is 1. The molecule has 1 aliphatic carbocycles. The summed E-state index contributed by atoms with van der Waals surface area (Å²) in [5.41, 5.74) is 1.06. The fourth-order valence-electron chi connectivity index (χ4n) is 4.97. The lowest BCUT2D eigenvalue weighted by Gasteiger charge is -2.32. The lowest BCUT2D eigenvalue weighted by atomic mass is 9.89. The molecule has 7 nitrogen and oxygen atoms in total. The quantitative estimate of drug-likeness (QED) is 0.247. The van der Waals surface area contributed by atoms with Crippen LogP contribution in [-0.4, -0.2) is 58.3 Å². The molecule has 0 bridgehead atoms. The Morgan fingerprint density at radius 1 is 1.15 bits per heavy atom. The zero-order valence-corrected chi connectivity index (χ0v) is 25.3. The van der Waals surface area contributed by atoms with Gasteiger partial charge >= 0.3 is 0 Å². The number of sulfonamides is 1. The lowest BCUT2D eigenvalue weighted by molar-refractivity contribution is 0.0983. The highest BCUT2D eigenvalue weighted by molar-refractivity contribution is 7.92. The molecule has 2 aromatic rings. The fourth-order valence-corrected chi connectivity index (χ4v) is 6.40. The Kier molecular flexibility index (Phi) is 13.6. The topological polar surface area (TPSA) is 79.0 Å². The maximum absolute atomic E-state index is 14.0. The van der Waals surface area contributed by atoms with Gasteiger partial charge in [-0.15, -0.1) is 19.0 Å². The van der Waals surface area contributed by atoms with Crippen LogP contribution < -0.4 is 14.4 Å². The predicted molar refractivity (Wildman–Crippen MR) is 164 cm³/mol. The summed E-state index contributed by atoms with van der Waals surface area (Å²) in [5.74, 6) is 0.875. The molecule has 0 atom stereocenters. The molecule has 0 spiro atoms. The molecule has 39 heavy (non-hydrogen) atoms. The molecule has 2 aromatic carbocycles. The summed E-state index contributed by atoms with van der Waals surface area (Å²) < 4.78 is 33.0. The van der Waals surface area contributed by atoms with Gasteiger partial charge in [0.05, 0.1) is 34.8 Å². The Hall–Kier alpha value is -2.26. The van der Waals surface area contributed by atoms with Crippen LogP contribution in [0, 0.1) is 5.92 Å². The Morgan fingerprint density at radius 3 is 2.51 bits per heavy atom. The molecule has 1 N–H and O–H groups in total. The number of anilines is 2. The number of rotatable bonds is 14. The van der Waals surface area contributed by atoms with Gasteiger partial charge in [0, 0.05) is 32.2 Å². The normalized spacial score (nSPS) is 13.9. The van der Waals surface area contributed by atoms with Gasteiger partial charge in [-0.3, -0.25) is 14.4 Å². The van der Waals surface area contributed by atoms with E-state index in [1.54, 1.807) is 61.4 Å². The Bertz CT molecular complexity index is 1190. The summed E-state index contributed by atoms with van der Waals surface area (Å²) in [6, 6.07) is 11.9. The molecule has 1 saturated carbocycles. The molecule has 0 heterocycles. The first-order valence-corrected chi connectivity index (χ1v) is 15.4. The van der Waals surface area contributed by atoms with Crippen LogP contribution in [0.4, 0.5) is 11.4 Å². The van der Waals surface area contributed by atoms with Crippen LogP contribution in [0.15, 0.2) is 55.1 Å². The number of para-hydroxylation sites is 1. The van der Waals surface area contributed by atoms with E-state index in [0.29, 0.717) is 41.9 Å². The number of hydrogen-bond donors (Lipinski definition) is 1. The van der Waals surface area contributed by atoms with Gasteiger partial charge in [0.15, 0.2) is 0 Å². The minimum atomic E-state index is -3.58. The molecule has 0 aromatic heterocycles. The summed E-state index contributed by atoms with van der Waals surface area (Å²) in [4.78, 5) is 18.0. The second-order valence-electron chi connectivity index (χ2n) is 9.79. The van der Waals surface area contributed by atoms with Crippen molar-refractivity contribution in [3.8, 4) is 5.75 Å². The number of benzene rings is 2. The van der Waals surface area contributed by atoms with Crippen molar-refractivity contribution in [1.82, 2.24) is 4.90 Å². The first kappa shape index (κ1) is 32.9. The minimum absolute atomic E-state index is 0. The summed E-state index contributed by atoms with van der Waals surface area (Å²) in [7, 11) is -2.02. The van der Waals surface area contributed by atoms with Gasteiger partial charge in [-0.25, -0.2) is 8.42 Å². The molecule has 0 saturated heterocycles. The van der Waals surface area contributed by atoms with Crippen molar-refractivity contribution >= 4 is 51.3 Å². The molecule has 3 rings (SSSR count). The fraction of sp³-hybridized carbons (Fsp3) is 0.483. The molecular weight excluding hydrogens is 557 g/mol. The number of carbonyl (C=O) groups excluding carboxylic acids is 1. The molecule has 0 radical (unpaired) electrons. The van der Waals surface area contributed by atoms with Gasteiger partial charge in [-0.2, -0.15) is 0 Å². The van der Waals surface area contributed by atoms with E-state index >= 15 is 0 Å². The van der Waals surface area contributed by atoms with E-state index in [1.807, 2.05) is 6.08 Å². The van der Waals surface area contributed by atoms with Crippen molar-refractivity contribution in [2.45, 2.75) is 45.4 Å². The standard InChI is InChI=1S/C29H40ClN3O4S.ClH/c1-4-17-32(22-23-11-7-6-8-12-23)18-19-33(28-16-15-24(37-3)21-26(28)30)29(34)25-13-9-10-14-27(25)31-38(35,36)20-5-2;/h4,9-10,13-16,21,23,31H,1,5-8,11-12,17-20,22H2,2-3H3;1H. The van der Waals surface area contributed by atoms with Crippen LogP contribution in [-0.2, 0) is 10.0 Å². The average Bonchev–Trinajstić information content (AvgIpc) is 2.90. The highest BCUT2D eigenvalue weighted by Gasteiger charge is 2.25. The molecule has 0 aliphatic heterocycles. The zero-order valence-electron chi connectivity index (χ0n) is 22.9. The summed E-state index contributed by atoms with van der Waals surface area (Å²) in [6.07, 6.45) is 8.66. The van der Waals surface area contributed by atoms with Crippen molar-refractivity contribution in [3.63, 3.8) is 0 Å². The van der Waals surface area contributed by atoms with Crippen LogP contribution >= 0.6 is 24.0 Å². The van der Waals surface area contributed by atoms with E-state index in [-0.39, 0.29) is 35.3 Å². The van der Waals surface area contributed by atoms with E-state index in [0.717, 1.165) is 13.1 Å². The van der Waals surface area contributed by atoms with E-state index < -0.39 is 10.0 Å². The van der Waals surface area contributed by atoms with E-state index in [2.05, 4.69) is 16.2 Å². The number of halogens is 2. The van der Waals surface area contributed by atoms with E-state index in [1.165, 1.54) is 32.1 Å². The second-order valence-corrected chi connectivity index (χ2v) is 12.0. The molecule has 216 valence electrons. The number of ether oxygens (including phenoxy) is 1. The predicted octanol–water partition coefficient (Wildman–Crippen LogP) is 6.64. The summed E-state index contributed by atoms with van der Waals surface area (Å²) in [6.45, 7) is 8.41. The first-order valence-electron chi connectivity index (χ1n) is 13.4. The molecule has 0 unspecified atom stereocenters. The number of nitrogens with zero attached hydrogens (tertiary/aromatic N) is 2. The Labute approximate surface area is 245 Å². The third-order valence-corrected chi connectivity index (χ3v) is 8.63. The first-order chi connectivity index (χ1) is 18.3.